The summed E-state index contributed by atoms with van der Waals surface area (Å²) in [5, 5.41) is 3.58. The second-order valence-corrected chi connectivity index (χ2v) is 9.31. The number of nitrogens with zero attached hydrogens (tertiary/aromatic N) is 2. The lowest BCUT2D eigenvalue weighted by molar-refractivity contribution is 0.0512. The quantitative estimate of drug-likeness (QED) is 0.796. The van der Waals surface area contributed by atoms with E-state index in [1.165, 1.54) is 0 Å². The molecule has 140 valence electrons. The van der Waals surface area contributed by atoms with E-state index in [1.807, 2.05) is 0 Å². The highest BCUT2D eigenvalue weighted by atomic mass is 32.2. The van der Waals surface area contributed by atoms with E-state index in [4.69, 9.17) is 4.74 Å². The highest BCUT2D eigenvalue weighted by Gasteiger charge is 2.47. The van der Waals surface area contributed by atoms with Gasteiger partial charge in [0.1, 0.15) is 4.90 Å². The second-order valence-electron chi connectivity index (χ2n) is 7.40. The maximum absolute atomic E-state index is 12.8. The molecule has 0 unspecified atom stereocenters. The van der Waals surface area contributed by atoms with Crippen molar-refractivity contribution in [2.24, 2.45) is 11.3 Å². The Morgan fingerprint density at radius 2 is 2.08 bits per heavy atom. The van der Waals surface area contributed by atoms with Gasteiger partial charge in [0.05, 0.1) is 5.69 Å². The predicted molar refractivity (Wildman–Crippen MR) is 96.9 cm³/mol. The van der Waals surface area contributed by atoms with Crippen molar-refractivity contribution in [3.8, 4) is 0 Å². The third-order valence-electron chi connectivity index (χ3n) is 5.62. The minimum Gasteiger partial charge on any atom is -0.381 e. The lowest BCUT2D eigenvalue weighted by Crippen LogP contribution is -2.61. The zero-order chi connectivity index (χ0) is 17.9. The van der Waals surface area contributed by atoms with Crippen molar-refractivity contribution in [2.75, 3.05) is 39.4 Å². The molecule has 0 aliphatic carbocycles. The van der Waals surface area contributed by atoms with Crippen molar-refractivity contribution in [2.45, 2.75) is 38.0 Å². The molecule has 6 nitrogen and oxygen atoms in total. The van der Waals surface area contributed by atoms with Gasteiger partial charge in [0.2, 0.25) is 10.0 Å². The molecule has 1 aromatic rings. The van der Waals surface area contributed by atoms with E-state index in [9.17, 15) is 8.42 Å². The SMILES string of the molecule is CCC1(CNCC2CCOCC2)CN(S(=O)(=O)c2cccnc2C)C1. The molecule has 0 aromatic carbocycles. The van der Waals surface area contributed by atoms with Gasteiger partial charge in [-0.1, -0.05) is 6.92 Å². The van der Waals surface area contributed by atoms with Gasteiger partial charge in [0.15, 0.2) is 0 Å². The Hall–Kier alpha value is -1.02. The fourth-order valence-corrected chi connectivity index (χ4v) is 5.55. The van der Waals surface area contributed by atoms with E-state index >= 15 is 0 Å². The number of ether oxygens (including phenoxy) is 1. The van der Waals surface area contributed by atoms with Crippen molar-refractivity contribution in [1.29, 1.82) is 0 Å². The summed E-state index contributed by atoms with van der Waals surface area (Å²) in [7, 11) is -3.43. The Morgan fingerprint density at radius 1 is 1.36 bits per heavy atom. The highest BCUT2D eigenvalue weighted by Crippen LogP contribution is 2.37. The maximum atomic E-state index is 12.8. The zero-order valence-corrected chi connectivity index (χ0v) is 16.0. The van der Waals surface area contributed by atoms with Crippen molar-refractivity contribution in [3.63, 3.8) is 0 Å². The van der Waals surface area contributed by atoms with E-state index < -0.39 is 10.0 Å². The third-order valence-corrected chi connectivity index (χ3v) is 7.55. The van der Waals surface area contributed by atoms with Gasteiger partial charge >= 0.3 is 0 Å². The number of aryl methyl sites for hydroxylation is 1. The summed E-state index contributed by atoms with van der Waals surface area (Å²) in [6, 6.07) is 3.33. The molecule has 0 radical (unpaired) electrons. The lowest BCUT2D eigenvalue weighted by Gasteiger charge is -2.49. The summed E-state index contributed by atoms with van der Waals surface area (Å²) in [6.07, 6.45) is 4.84. The molecule has 2 aliphatic rings. The van der Waals surface area contributed by atoms with E-state index in [0.29, 0.717) is 29.6 Å². The Bertz CT molecular complexity index is 681. The first-order valence-corrected chi connectivity index (χ1v) is 10.6. The molecule has 1 N–H and O–H groups in total. The average Bonchev–Trinajstić information content (AvgIpc) is 2.58. The van der Waals surface area contributed by atoms with E-state index in [1.54, 1.807) is 29.6 Å². The van der Waals surface area contributed by atoms with Gasteiger partial charge < -0.3 is 10.1 Å². The summed E-state index contributed by atoms with van der Waals surface area (Å²) >= 11 is 0. The van der Waals surface area contributed by atoms with Crippen LogP contribution in [0.3, 0.4) is 0 Å². The highest BCUT2D eigenvalue weighted by molar-refractivity contribution is 7.89. The molecule has 25 heavy (non-hydrogen) atoms. The lowest BCUT2D eigenvalue weighted by atomic mass is 9.79. The summed E-state index contributed by atoms with van der Waals surface area (Å²) in [5.74, 6) is 0.681. The van der Waals surface area contributed by atoms with Crippen LogP contribution >= 0.6 is 0 Å². The van der Waals surface area contributed by atoms with Crippen LogP contribution in [0, 0.1) is 18.3 Å². The standard InChI is InChI=1S/C18H29N3O3S/c1-3-18(12-19-11-16-6-9-24-10-7-16)13-21(14-18)25(22,23)17-5-4-8-20-15(17)2/h4-5,8,16,19H,3,6-7,9-14H2,1-2H3. The van der Waals surface area contributed by atoms with Crippen LogP contribution in [0.25, 0.3) is 0 Å². The van der Waals surface area contributed by atoms with Crippen molar-refractivity contribution in [3.05, 3.63) is 24.0 Å². The summed E-state index contributed by atoms with van der Waals surface area (Å²) in [6.45, 7) is 8.66. The Morgan fingerprint density at radius 3 is 2.72 bits per heavy atom. The number of sulfonamides is 1. The first kappa shape index (κ1) is 18.8. The summed E-state index contributed by atoms with van der Waals surface area (Å²) < 4.78 is 32.6. The van der Waals surface area contributed by atoms with Gasteiger partial charge in [-0.3, -0.25) is 4.98 Å². The second kappa shape index (κ2) is 7.70. The number of aromatic nitrogens is 1. The molecular weight excluding hydrogens is 338 g/mol. The van der Waals surface area contributed by atoms with Gasteiger partial charge in [-0.25, -0.2) is 8.42 Å². The predicted octanol–water partition coefficient (Wildman–Crippen LogP) is 1.81. The summed E-state index contributed by atoms with van der Waals surface area (Å²) in [5.41, 5.74) is 0.614. The third kappa shape index (κ3) is 4.05. The Balaban J connectivity index is 1.55. The molecule has 2 saturated heterocycles. The molecule has 2 aliphatic heterocycles. The normalized spacial score (nSPS) is 21.8. The number of pyridine rings is 1. The molecule has 2 fully saturated rings. The fourth-order valence-electron chi connectivity index (χ4n) is 3.71. The van der Waals surface area contributed by atoms with Gasteiger partial charge in [0.25, 0.3) is 0 Å². The molecule has 0 amide bonds. The van der Waals surface area contributed by atoms with Crippen LogP contribution in [-0.4, -0.2) is 57.1 Å². The summed E-state index contributed by atoms with van der Waals surface area (Å²) in [4.78, 5) is 4.44. The smallest absolute Gasteiger partial charge is 0.244 e. The van der Waals surface area contributed by atoms with Crippen molar-refractivity contribution >= 4 is 10.0 Å². The Labute approximate surface area is 151 Å². The molecule has 3 heterocycles. The minimum absolute atomic E-state index is 0.0500. The van der Waals surface area contributed by atoms with Gasteiger partial charge in [-0.15, -0.1) is 0 Å². The minimum atomic E-state index is -3.43. The van der Waals surface area contributed by atoms with Crippen molar-refractivity contribution in [1.82, 2.24) is 14.6 Å². The monoisotopic (exact) mass is 367 g/mol. The van der Waals surface area contributed by atoms with Gasteiger partial charge in [-0.2, -0.15) is 4.31 Å². The van der Waals surface area contributed by atoms with E-state index in [0.717, 1.165) is 45.6 Å². The van der Waals surface area contributed by atoms with Crippen LogP contribution in [0.5, 0.6) is 0 Å². The number of rotatable bonds is 7. The van der Waals surface area contributed by atoms with Gasteiger partial charge in [-0.05, 0) is 50.8 Å². The molecule has 7 heteroatoms. The van der Waals surface area contributed by atoms with Crippen molar-refractivity contribution < 1.29 is 13.2 Å². The van der Waals surface area contributed by atoms with E-state index in [-0.39, 0.29) is 5.41 Å². The van der Waals surface area contributed by atoms with Crippen LogP contribution in [0.2, 0.25) is 0 Å². The van der Waals surface area contributed by atoms with Crippen LogP contribution in [-0.2, 0) is 14.8 Å². The number of hydrogen-bond acceptors (Lipinski definition) is 5. The van der Waals surface area contributed by atoms with Gasteiger partial charge in [0, 0.05) is 44.5 Å². The van der Waals surface area contributed by atoms with E-state index in [2.05, 4.69) is 17.2 Å². The van der Waals surface area contributed by atoms with Crippen LogP contribution in [0.15, 0.2) is 23.2 Å². The first-order chi connectivity index (χ1) is 12.0. The molecule has 0 spiro atoms. The van der Waals surface area contributed by atoms with Crippen LogP contribution < -0.4 is 5.32 Å². The topological polar surface area (TPSA) is 71.5 Å². The fraction of sp³-hybridized carbons (Fsp3) is 0.722. The average molecular weight is 368 g/mol. The van der Waals surface area contributed by atoms with Crippen LogP contribution in [0.1, 0.15) is 31.9 Å². The molecular formula is C18H29N3O3S. The molecule has 0 bridgehead atoms. The first-order valence-electron chi connectivity index (χ1n) is 9.17. The largest absolute Gasteiger partial charge is 0.381 e. The number of nitrogens with one attached hydrogen (secondary N) is 1. The Kier molecular flexibility index (Phi) is 5.78. The molecule has 3 rings (SSSR count). The van der Waals surface area contributed by atoms with Crippen LogP contribution in [0.4, 0.5) is 0 Å². The molecule has 0 saturated carbocycles. The molecule has 0 atom stereocenters. The maximum Gasteiger partial charge on any atom is 0.244 e. The molecule has 1 aromatic heterocycles. The number of hydrogen-bond donors (Lipinski definition) is 1. The zero-order valence-electron chi connectivity index (χ0n) is 15.2.